The largest absolute Gasteiger partial charge is 0.392 e. The maximum absolute atomic E-state index is 10.6. The van der Waals surface area contributed by atoms with Gasteiger partial charge in [-0.15, -0.1) is 0 Å². The molecular weight excluding hydrogens is 260 g/mol. The molecule has 118 valence electrons. The van der Waals surface area contributed by atoms with Crippen LogP contribution in [0.4, 0.5) is 0 Å². The number of aliphatic hydroxyl groups excluding tert-OH is 1. The number of aliphatic hydroxyl groups is 1. The van der Waals surface area contributed by atoms with Crippen LogP contribution in [0.1, 0.15) is 13.8 Å². The van der Waals surface area contributed by atoms with E-state index in [-0.39, 0.29) is 11.9 Å². The lowest BCUT2D eigenvalue weighted by atomic mass is 10.3. The first-order valence-corrected chi connectivity index (χ1v) is 7.35. The Hall–Kier alpha value is -0.530. The Morgan fingerprint density at radius 3 is 1.90 bits per heavy atom. The highest BCUT2D eigenvalue weighted by atomic mass is 16.5. The number of hydrogen-bond acceptors (Lipinski definition) is 6. The number of β-amino-alcohol motifs (C(OH)–C–C–N with tert-alkyl or cyclic N) is 1. The van der Waals surface area contributed by atoms with E-state index in [9.17, 15) is 4.79 Å². The van der Waals surface area contributed by atoms with E-state index >= 15 is 0 Å². The van der Waals surface area contributed by atoms with E-state index in [1.807, 2.05) is 6.92 Å². The van der Waals surface area contributed by atoms with Gasteiger partial charge in [0.2, 0.25) is 0 Å². The first-order valence-electron chi connectivity index (χ1n) is 7.35. The molecule has 2 aliphatic heterocycles. The fraction of sp³-hybridized carbons (Fsp3) is 0.929. The lowest BCUT2D eigenvalue weighted by Gasteiger charge is -2.27. The predicted octanol–water partition coefficient (Wildman–Crippen LogP) is -0.393. The van der Waals surface area contributed by atoms with Crippen molar-refractivity contribution >= 4 is 5.78 Å². The van der Waals surface area contributed by atoms with Gasteiger partial charge in [-0.05, 0) is 13.8 Å². The van der Waals surface area contributed by atoms with E-state index in [1.54, 1.807) is 6.92 Å². The van der Waals surface area contributed by atoms with Gasteiger partial charge in [0.05, 0.1) is 39.1 Å². The van der Waals surface area contributed by atoms with Crippen molar-refractivity contribution in [1.82, 2.24) is 9.80 Å². The lowest BCUT2D eigenvalue weighted by Crippen LogP contribution is -2.40. The molecule has 0 aliphatic carbocycles. The Bertz CT molecular complexity index is 262. The van der Waals surface area contributed by atoms with Crippen LogP contribution >= 0.6 is 0 Å². The van der Waals surface area contributed by atoms with Gasteiger partial charge < -0.3 is 14.6 Å². The lowest BCUT2D eigenvalue weighted by molar-refractivity contribution is -0.119. The topological polar surface area (TPSA) is 62.2 Å². The zero-order valence-corrected chi connectivity index (χ0v) is 12.7. The summed E-state index contributed by atoms with van der Waals surface area (Å²) in [5, 5.41) is 9.02. The van der Waals surface area contributed by atoms with Crippen molar-refractivity contribution in [1.29, 1.82) is 0 Å². The second kappa shape index (κ2) is 10.2. The van der Waals surface area contributed by atoms with E-state index in [4.69, 9.17) is 14.6 Å². The average molecular weight is 288 g/mol. The number of rotatable bonds is 4. The molecule has 2 aliphatic rings. The molecule has 0 radical (unpaired) electrons. The van der Waals surface area contributed by atoms with E-state index < -0.39 is 0 Å². The van der Waals surface area contributed by atoms with Gasteiger partial charge in [-0.2, -0.15) is 0 Å². The Labute approximate surface area is 121 Å². The minimum absolute atomic E-state index is 0.210. The van der Waals surface area contributed by atoms with Gasteiger partial charge >= 0.3 is 0 Å². The Morgan fingerprint density at radius 1 is 1.05 bits per heavy atom. The number of carbonyl (C=O) groups is 1. The highest BCUT2D eigenvalue weighted by Crippen LogP contribution is 1.97. The highest BCUT2D eigenvalue weighted by molar-refractivity contribution is 5.77. The molecule has 0 amide bonds. The monoisotopic (exact) mass is 288 g/mol. The molecule has 0 aromatic rings. The van der Waals surface area contributed by atoms with Gasteiger partial charge in [-0.25, -0.2) is 0 Å². The van der Waals surface area contributed by atoms with E-state index in [1.165, 1.54) is 0 Å². The molecule has 1 N–H and O–H groups in total. The van der Waals surface area contributed by atoms with Crippen LogP contribution in [0.25, 0.3) is 0 Å². The van der Waals surface area contributed by atoms with Gasteiger partial charge in [0, 0.05) is 32.7 Å². The Kier molecular flexibility index (Phi) is 8.97. The van der Waals surface area contributed by atoms with Gasteiger partial charge in [-0.1, -0.05) is 0 Å². The van der Waals surface area contributed by atoms with Crippen molar-refractivity contribution in [2.24, 2.45) is 0 Å². The van der Waals surface area contributed by atoms with Crippen molar-refractivity contribution in [2.75, 3.05) is 65.7 Å². The number of ketones is 1. The summed E-state index contributed by atoms with van der Waals surface area (Å²) in [7, 11) is 0. The van der Waals surface area contributed by atoms with Crippen LogP contribution in [0.15, 0.2) is 0 Å². The van der Waals surface area contributed by atoms with Crippen LogP contribution in [-0.4, -0.2) is 92.5 Å². The molecule has 0 spiro atoms. The number of hydrogen-bond donors (Lipinski definition) is 1. The number of nitrogens with zero attached hydrogens (tertiary/aromatic N) is 2. The van der Waals surface area contributed by atoms with Gasteiger partial charge in [0.1, 0.15) is 5.78 Å². The summed E-state index contributed by atoms with van der Waals surface area (Å²) < 4.78 is 10.3. The molecule has 6 nitrogen and oxygen atoms in total. The fourth-order valence-electron chi connectivity index (χ4n) is 2.23. The SMILES string of the molecule is CC(=O)CN1CCOCC1.CC(O)CN1CCOCC1. The third kappa shape index (κ3) is 8.60. The maximum Gasteiger partial charge on any atom is 0.143 e. The zero-order valence-electron chi connectivity index (χ0n) is 12.7. The smallest absolute Gasteiger partial charge is 0.143 e. The first kappa shape index (κ1) is 17.5. The second-order valence-electron chi connectivity index (χ2n) is 5.35. The summed E-state index contributed by atoms with van der Waals surface area (Å²) >= 11 is 0. The Morgan fingerprint density at radius 2 is 1.50 bits per heavy atom. The molecule has 0 bridgehead atoms. The number of ether oxygens (including phenoxy) is 2. The molecule has 2 saturated heterocycles. The number of morpholine rings is 2. The van der Waals surface area contributed by atoms with E-state index in [0.29, 0.717) is 6.54 Å². The molecule has 0 saturated carbocycles. The third-order valence-corrected chi connectivity index (χ3v) is 3.18. The van der Waals surface area contributed by atoms with Crippen LogP contribution in [0, 0.1) is 0 Å². The quantitative estimate of drug-likeness (QED) is 0.760. The molecule has 2 rings (SSSR count). The summed E-state index contributed by atoms with van der Waals surface area (Å²) in [5.74, 6) is 0.238. The standard InChI is InChI=1S/C7H15NO2.C7H13NO2/c2*1-7(9)6-8-2-4-10-5-3-8/h7,9H,2-6H2,1H3;2-6H2,1H3. The molecule has 20 heavy (non-hydrogen) atoms. The summed E-state index contributed by atoms with van der Waals surface area (Å²) in [5.41, 5.74) is 0. The number of Topliss-reactive ketones (excluding diaryl/α,β-unsaturated/α-hetero) is 1. The molecular formula is C14H28N2O4. The normalized spacial score (nSPS) is 22.8. The van der Waals surface area contributed by atoms with Crippen LogP contribution in [0.3, 0.4) is 0 Å². The molecule has 0 aromatic carbocycles. The molecule has 1 atom stereocenters. The van der Waals surface area contributed by atoms with Crippen molar-refractivity contribution in [3.05, 3.63) is 0 Å². The molecule has 2 fully saturated rings. The first-order chi connectivity index (χ1) is 9.58. The third-order valence-electron chi connectivity index (χ3n) is 3.18. The highest BCUT2D eigenvalue weighted by Gasteiger charge is 2.11. The average Bonchev–Trinajstić information content (AvgIpc) is 2.40. The van der Waals surface area contributed by atoms with Crippen LogP contribution < -0.4 is 0 Å². The van der Waals surface area contributed by atoms with Crippen molar-refractivity contribution in [3.63, 3.8) is 0 Å². The fourth-order valence-corrected chi connectivity index (χ4v) is 2.23. The molecule has 6 heteroatoms. The van der Waals surface area contributed by atoms with Crippen LogP contribution in [0.5, 0.6) is 0 Å². The van der Waals surface area contributed by atoms with Gasteiger partial charge in [-0.3, -0.25) is 14.6 Å². The summed E-state index contributed by atoms with van der Waals surface area (Å²) in [6, 6.07) is 0. The zero-order chi connectivity index (χ0) is 14.8. The molecule has 0 aromatic heterocycles. The van der Waals surface area contributed by atoms with E-state index in [0.717, 1.165) is 59.2 Å². The minimum atomic E-state index is -0.210. The summed E-state index contributed by atoms with van der Waals surface area (Å²) in [4.78, 5) is 15.0. The van der Waals surface area contributed by atoms with Crippen molar-refractivity contribution in [2.45, 2.75) is 20.0 Å². The minimum Gasteiger partial charge on any atom is -0.392 e. The summed E-state index contributed by atoms with van der Waals surface area (Å²) in [6.07, 6.45) is -0.210. The number of carbonyl (C=O) groups excluding carboxylic acids is 1. The molecule has 2 heterocycles. The van der Waals surface area contributed by atoms with Crippen LogP contribution in [0.2, 0.25) is 0 Å². The Balaban J connectivity index is 0.000000200. The van der Waals surface area contributed by atoms with E-state index in [2.05, 4.69) is 9.80 Å². The van der Waals surface area contributed by atoms with Crippen molar-refractivity contribution < 1.29 is 19.4 Å². The molecule has 1 unspecified atom stereocenters. The van der Waals surface area contributed by atoms with Gasteiger partial charge in [0.15, 0.2) is 0 Å². The predicted molar refractivity (Wildman–Crippen MR) is 76.9 cm³/mol. The van der Waals surface area contributed by atoms with Gasteiger partial charge in [0.25, 0.3) is 0 Å². The second-order valence-corrected chi connectivity index (χ2v) is 5.35. The summed E-state index contributed by atoms with van der Waals surface area (Å²) in [6.45, 7) is 11.7. The van der Waals surface area contributed by atoms with Crippen LogP contribution in [-0.2, 0) is 14.3 Å². The van der Waals surface area contributed by atoms with Crippen molar-refractivity contribution in [3.8, 4) is 0 Å². The maximum atomic E-state index is 10.6.